The molecule has 1 aliphatic rings. The van der Waals surface area contributed by atoms with Gasteiger partial charge in [-0.25, -0.2) is 8.42 Å². The average Bonchev–Trinajstić information content (AvgIpc) is 3.06. The minimum Gasteiger partial charge on any atom is -0.335 e. The molecule has 144 valence electrons. The van der Waals surface area contributed by atoms with Crippen molar-refractivity contribution in [1.82, 2.24) is 9.80 Å². The van der Waals surface area contributed by atoms with Crippen molar-refractivity contribution in [3.63, 3.8) is 0 Å². The molecular formula is C18H21N3O4S2. The molecule has 0 atom stereocenters. The molecule has 0 radical (unpaired) electrons. The number of aryl methyl sites for hydroxylation is 1. The summed E-state index contributed by atoms with van der Waals surface area (Å²) in [6.45, 7) is 3.80. The maximum absolute atomic E-state index is 12.7. The van der Waals surface area contributed by atoms with Crippen LogP contribution in [-0.4, -0.2) is 62.5 Å². The average molecular weight is 408 g/mol. The van der Waals surface area contributed by atoms with E-state index >= 15 is 0 Å². The van der Waals surface area contributed by atoms with Crippen LogP contribution >= 0.6 is 11.3 Å². The normalized spacial score (nSPS) is 14.9. The monoisotopic (exact) mass is 407 g/mol. The molecule has 0 aliphatic carbocycles. The lowest BCUT2D eigenvalue weighted by atomic mass is 10.1. The Hall–Kier alpha value is -2.39. The Morgan fingerprint density at radius 3 is 2.19 bits per heavy atom. The number of nitrogens with one attached hydrogen (secondary N) is 1. The third kappa shape index (κ3) is 4.86. The van der Waals surface area contributed by atoms with Gasteiger partial charge in [0, 0.05) is 42.3 Å². The standard InChI is InChI=1S/C18H21N3O4S2/c1-13-6-7-16(26-13)18(23)21-10-8-20(9-11-21)17(22)14-4-3-5-15(12-14)19-27(2,24)25/h3-7,12,19H,8-11H2,1-2H3. The number of thiophene rings is 1. The summed E-state index contributed by atoms with van der Waals surface area (Å²) >= 11 is 1.47. The number of nitrogens with zero attached hydrogens (tertiary/aromatic N) is 2. The van der Waals surface area contributed by atoms with Crippen molar-refractivity contribution in [2.24, 2.45) is 0 Å². The van der Waals surface area contributed by atoms with Crippen molar-refractivity contribution in [3.05, 3.63) is 51.7 Å². The Kier molecular flexibility index (Phi) is 5.52. The Labute approximate surface area is 162 Å². The number of hydrogen-bond acceptors (Lipinski definition) is 5. The summed E-state index contributed by atoms with van der Waals surface area (Å²) in [6, 6.07) is 10.2. The highest BCUT2D eigenvalue weighted by Gasteiger charge is 2.26. The molecule has 1 aromatic heterocycles. The number of benzene rings is 1. The van der Waals surface area contributed by atoms with E-state index in [1.54, 1.807) is 28.0 Å². The van der Waals surface area contributed by atoms with Gasteiger partial charge in [0.15, 0.2) is 0 Å². The van der Waals surface area contributed by atoms with E-state index in [4.69, 9.17) is 0 Å². The van der Waals surface area contributed by atoms with Gasteiger partial charge in [0.05, 0.1) is 11.1 Å². The second kappa shape index (κ2) is 7.69. The van der Waals surface area contributed by atoms with Crippen LogP contribution in [0, 0.1) is 6.92 Å². The molecule has 2 aromatic rings. The van der Waals surface area contributed by atoms with Gasteiger partial charge < -0.3 is 9.80 Å². The van der Waals surface area contributed by atoms with E-state index in [0.29, 0.717) is 42.3 Å². The zero-order valence-electron chi connectivity index (χ0n) is 15.1. The van der Waals surface area contributed by atoms with Crippen molar-refractivity contribution in [3.8, 4) is 0 Å². The minimum atomic E-state index is -3.40. The van der Waals surface area contributed by atoms with Gasteiger partial charge in [-0.15, -0.1) is 11.3 Å². The molecule has 27 heavy (non-hydrogen) atoms. The number of anilines is 1. The molecular weight excluding hydrogens is 386 g/mol. The Bertz CT molecular complexity index is 960. The quantitative estimate of drug-likeness (QED) is 0.840. The maximum atomic E-state index is 12.7. The van der Waals surface area contributed by atoms with E-state index < -0.39 is 10.0 Å². The first kappa shape index (κ1) is 19.4. The second-order valence-electron chi connectivity index (χ2n) is 6.45. The molecule has 0 saturated carbocycles. The highest BCUT2D eigenvalue weighted by atomic mass is 32.2. The first-order chi connectivity index (χ1) is 12.7. The molecule has 0 bridgehead atoms. The third-order valence-corrected chi connectivity index (χ3v) is 5.81. The maximum Gasteiger partial charge on any atom is 0.264 e. The summed E-state index contributed by atoms with van der Waals surface area (Å²) in [4.78, 5) is 30.5. The van der Waals surface area contributed by atoms with Gasteiger partial charge in [-0.05, 0) is 37.3 Å². The van der Waals surface area contributed by atoms with Crippen LogP contribution < -0.4 is 4.72 Å². The summed E-state index contributed by atoms with van der Waals surface area (Å²) in [5.41, 5.74) is 0.766. The fraction of sp³-hybridized carbons (Fsp3) is 0.333. The summed E-state index contributed by atoms with van der Waals surface area (Å²) in [6.07, 6.45) is 1.06. The van der Waals surface area contributed by atoms with Crippen LogP contribution in [-0.2, 0) is 10.0 Å². The third-order valence-electron chi connectivity index (χ3n) is 4.22. The van der Waals surface area contributed by atoms with E-state index in [0.717, 1.165) is 11.1 Å². The van der Waals surface area contributed by atoms with Crippen molar-refractivity contribution < 1.29 is 18.0 Å². The minimum absolute atomic E-state index is 0.000418. The lowest BCUT2D eigenvalue weighted by Gasteiger charge is -2.34. The molecule has 0 spiro atoms. The number of carbonyl (C=O) groups excluding carboxylic acids is 2. The molecule has 7 nitrogen and oxygen atoms in total. The van der Waals surface area contributed by atoms with Crippen LogP contribution in [0.3, 0.4) is 0 Å². The lowest BCUT2D eigenvalue weighted by molar-refractivity contribution is 0.0538. The van der Waals surface area contributed by atoms with Crippen LogP contribution in [0.25, 0.3) is 0 Å². The molecule has 1 fully saturated rings. The predicted octanol–water partition coefficient (Wildman–Crippen LogP) is 2.03. The van der Waals surface area contributed by atoms with Crippen LogP contribution in [0.5, 0.6) is 0 Å². The Morgan fingerprint density at radius 2 is 1.63 bits per heavy atom. The number of sulfonamides is 1. The van der Waals surface area contributed by atoms with E-state index in [1.807, 2.05) is 19.1 Å². The predicted molar refractivity (Wildman–Crippen MR) is 106 cm³/mol. The van der Waals surface area contributed by atoms with Crippen molar-refractivity contribution in [1.29, 1.82) is 0 Å². The van der Waals surface area contributed by atoms with E-state index in [1.165, 1.54) is 17.4 Å². The largest absolute Gasteiger partial charge is 0.335 e. The number of piperazine rings is 1. The molecule has 1 N–H and O–H groups in total. The highest BCUT2D eigenvalue weighted by molar-refractivity contribution is 7.92. The smallest absolute Gasteiger partial charge is 0.264 e. The fourth-order valence-electron chi connectivity index (χ4n) is 2.93. The summed E-state index contributed by atoms with van der Waals surface area (Å²) in [7, 11) is -3.40. The van der Waals surface area contributed by atoms with Crippen LogP contribution in [0.1, 0.15) is 24.9 Å². The zero-order chi connectivity index (χ0) is 19.6. The molecule has 1 aromatic carbocycles. The summed E-state index contributed by atoms with van der Waals surface area (Å²) in [5.74, 6) is -0.175. The van der Waals surface area contributed by atoms with Crippen molar-refractivity contribution in [2.45, 2.75) is 6.92 Å². The second-order valence-corrected chi connectivity index (χ2v) is 9.49. The van der Waals surface area contributed by atoms with E-state index in [-0.39, 0.29) is 11.8 Å². The molecule has 2 amide bonds. The Morgan fingerprint density at radius 1 is 1.00 bits per heavy atom. The van der Waals surface area contributed by atoms with Gasteiger partial charge in [-0.3, -0.25) is 14.3 Å². The zero-order valence-corrected chi connectivity index (χ0v) is 16.8. The van der Waals surface area contributed by atoms with Gasteiger partial charge in [-0.1, -0.05) is 6.07 Å². The first-order valence-electron chi connectivity index (χ1n) is 8.46. The summed E-state index contributed by atoms with van der Waals surface area (Å²) in [5, 5.41) is 0. The first-order valence-corrected chi connectivity index (χ1v) is 11.2. The number of carbonyl (C=O) groups is 2. The van der Waals surface area contributed by atoms with Crippen LogP contribution in [0.4, 0.5) is 5.69 Å². The molecule has 1 aliphatic heterocycles. The van der Waals surface area contributed by atoms with E-state index in [2.05, 4.69) is 4.72 Å². The van der Waals surface area contributed by atoms with E-state index in [9.17, 15) is 18.0 Å². The number of rotatable bonds is 4. The molecule has 9 heteroatoms. The van der Waals surface area contributed by atoms with Crippen molar-refractivity contribution in [2.75, 3.05) is 37.2 Å². The highest BCUT2D eigenvalue weighted by Crippen LogP contribution is 2.19. The van der Waals surface area contributed by atoms with Crippen LogP contribution in [0.15, 0.2) is 36.4 Å². The molecule has 2 heterocycles. The van der Waals surface area contributed by atoms with Gasteiger partial charge in [0.1, 0.15) is 0 Å². The number of amides is 2. The molecule has 0 unspecified atom stereocenters. The van der Waals surface area contributed by atoms with Crippen LogP contribution in [0.2, 0.25) is 0 Å². The summed E-state index contributed by atoms with van der Waals surface area (Å²) < 4.78 is 25.1. The lowest BCUT2D eigenvalue weighted by Crippen LogP contribution is -2.50. The molecule has 3 rings (SSSR count). The number of hydrogen-bond donors (Lipinski definition) is 1. The Balaban J connectivity index is 1.63. The van der Waals surface area contributed by atoms with Crippen molar-refractivity contribution >= 4 is 38.9 Å². The van der Waals surface area contributed by atoms with Gasteiger partial charge in [0.2, 0.25) is 10.0 Å². The molecule has 1 saturated heterocycles. The van der Waals surface area contributed by atoms with Gasteiger partial charge in [-0.2, -0.15) is 0 Å². The fourth-order valence-corrected chi connectivity index (χ4v) is 4.32. The SMILES string of the molecule is Cc1ccc(C(=O)N2CCN(C(=O)c3cccc(NS(C)(=O)=O)c3)CC2)s1. The van der Waals surface area contributed by atoms with Gasteiger partial charge >= 0.3 is 0 Å². The topological polar surface area (TPSA) is 86.8 Å². The van der Waals surface area contributed by atoms with Gasteiger partial charge in [0.25, 0.3) is 11.8 Å².